The van der Waals surface area contributed by atoms with Gasteiger partial charge < -0.3 is 15.0 Å². The van der Waals surface area contributed by atoms with E-state index in [1.54, 1.807) is 0 Å². The first-order chi connectivity index (χ1) is 10.7. The highest BCUT2D eigenvalue weighted by atomic mass is 16.5. The smallest absolute Gasteiger partial charge is 0.120 e. The molecule has 1 unspecified atom stereocenters. The Balaban J connectivity index is 1.72. The van der Waals surface area contributed by atoms with E-state index in [0.717, 1.165) is 17.7 Å². The third-order valence-electron chi connectivity index (χ3n) is 3.92. The molecule has 114 valence electrons. The molecule has 0 saturated carbocycles. The number of nitrogens with one attached hydrogen (secondary N) is 2. The Labute approximate surface area is 131 Å². The lowest BCUT2D eigenvalue weighted by Crippen LogP contribution is -2.23. The topological polar surface area (TPSA) is 37.0 Å². The van der Waals surface area contributed by atoms with E-state index in [2.05, 4.69) is 47.6 Å². The molecule has 0 aliphatic rings. The highest BCUT2D eigenvalue weighted by Crippen LogP contribution is 2.23. The fourth-order valence-electron chi connectivity index (χ4n) is 2.54. The first-order valence-electron chi connectivity index (χ1n) is 7.70. The van der Waals surface area contributed by atoms with Gasteiger partial charge in [0.15, 0.2) is 0 Å². The molecule has 0 spiro atoms. The van der Waals surface area contributed by atoms with Crippen LogP contribution in [0.25, 0.3) is 10.9 Å². The molecule has 3 rings (SSSR count). The fourth-order valence-corrected chi connectivity index (χ4v) is 2.54. The molecule has 3 heteroatoms. The van der Waals surface area contributed by atoms with E-state index in [4.69, 9.17) is 4.74 Å². The molecule has 0 aliphatic heterocycles. The molecule has 2 aromatic carbocycles. The van der Waals surface area contributed by atoms with E-state index >= 15 is 0 Å². The molecule has 1 atom stereocenters. The summed E-state index contributed by atoms with van der Waals surface area (Å²) >= 11 is 0. The van der Waals surface area contributed by atoms with E-state index in [9.17, 15) is 0 Å². The summed E-state index contributed by atoms with van der Waals surface area (Å²) < 4.78 is 5.89. The predicted octanol–water partition coefficient (Wildman–Crippen LogP) is 3.90. The van der Waals surface area contributed by atoms with Gasteiger partial charge in [-0.1, -0.05) is 30.3 Å². The van der Waals surface area contributed by atoms with Crippen molar-refractivity contribution in [2.24, 2.45) is 0 Å². The number of benzene rings is 2. The van der Waals surface area contributed by atoms with Gasteiger partial charge in [0.1, 0.15) is 12.4 Å². The number of likely N-dealkylation sites (N-methyl/N-ethyl adjacent to an activating group) is 1. The van der Waals surface area contributed by atoms with Crippen LogP contribution in [0.1, 0.15) is 18.2 Å². The highest BCUT2D eigenvalue weighted by Gasteiger charge is 2.06. The Hall–Kier alpha value is -2.26. The molecule has 1 aromatic heterocycles. The number of rotatable bonds is 6. The summed E-state index contributed by atoms with van der Waals surface area (Å²) in [6.45, 7) is 2.78. The Morgan fingerprint density at radius 2 is 1.91 bits per heavy atom. The van der Waals surface area contributed by atoms with Gasteiger partial charge in [0.05, 0.1) is 0 Å². The number of ether oxygens (including phenoxy) is 1. The molecule has 1 heterocycles. The van der Waals surface area contributed by atoms with Crippen molar-refractivity contribution in [3.63, 3.8) is 0 Å². The predicted molar refractivity (Wildman–Crippen MR) is 91.3 cm³/mol. The largest absolute Gasteiger partial charge is 0.489 e. The maximum Gasteiger partial charge on any atom is 0.120 e. The SMILES string of the molecule is CNC(C)Cc1cc2cc(OCc3ccccc3)ccc2[nH]1. The number of fused-ring (bicyclic) bond motifs is 1. The first-order valence-corrected chi connectivity index (χ1v) is 7.70. The van der Waals surface area contributed by atoms with Gasteiger partial charge in [0.2, 0.25) is 0 Å². The molecule has 0 saturated heterocycles. The highest BCUT2D eigenvalue weighted by molar-refractivity contribution is 5.81. The van der Waals surface area contributed by atoms with Crippen LogP contribution in [0.5, 0.6) is 5.75 Å². The van der Waals surface area contributed by atoms with Gasteiger partial charge in [0, 0.05) is 29.1 Å². The second-order valence-corrected chi connectivity index (χ2v) is 5.71. The molecule has 2 N–H and O–H groups in total. The van der Waals surface area contributed by atoms with Crippen molar-refractivity contribution in [2.75, 3.05) is 7.05 Å². The van der Waals surface area contributed by atoms with Crippen LogP contribution in [0.3, 0.4) is 0 Å². The van der Waals surface area contributed by atoms with Gasteiger partial charge in [0.25, 0.3) is 0 Å². The number of aromatic amines is 1. The third kappa shape index (κ3) is 3.49. The van der Waals surface area contributed by atoms with Crippen LogP contribution >= 0.6 is 0 Å². The quantitative estimate of drug-likeness (QED) is 0.723. The van der Waals surface area contributed by atoms with Crippen molar-refractivity contribution in [2.45, 2.75) is 26.0 Å². The lowest BCUT2D eigenvalue weighted by atomic mass is 10.2. The maximum absolute atomic E-state index is 5.89. The molecular weight excluding hydrogens is 272 g/mol. The molecule has 3 nitrogen and oxygen atoms in total. The lowest BCUT2D eigenvalue weighted by Gasteiger charge is -2.07. The van der Waals surface area contributed by atoms with Crippen LogP contribution in [0.4, 0.5) is 0 Å². The van der Waals surface area contributed by atoms with E-state index in [-0.39, 0.29) is 0 Å². The molecule has 22 heavy (non-hydrogen) atoms. The van der Waals surface area contributed by atoms with Crippen molar-refractivity contribution in [1.29, 1.82) is 0 Å². The summed E-state index contributed by atoms with van der Waals surface area (Å²) in [5, 5.41) is 4.46. The average Bonchev–Trinajstić information content (AvgIpc) is 2.95. The minimum atomic E-state index is 0.460. The summed E-state index contributed by atoms with van der Waals surface area (Å²) in [5.74, 6) is 0.906. The molecule has 3 aromatic rings. The second kappa shape index (κ2) is 6.67. The zero-order valence-corrected chi connectivity index (χ0v) is 13.1. The van der Waals surface area contributed by atoms with Crippen molar-refractivity contribution in [1.82, 2.24) is 10.3 Å². The lowest BCUT2D eigenvalue weighted by molar-refractivity contribution is 0.306. The van der Waals surface area contributed by atoms with E-state index in [1.165, 1.54) is 16.6 Å². The third-order valence-corrected chi connectivity index (χ3v) is 3.92. The molecule has 0 amide bonds. The summed E-state index contributed by atoms with van der Waals surface area (Å²) in [7, 11) is 1.99. The van der Waals surface area contributed by atoms with Crippen LogP contribution in [-0.4, -0.2) is 18.1 Å². The summed E-state index contributed by atoms with van der Waals surface area (Å²) in [5.41, 5.74) is 3.59. The second-order valence-electron chi connectivity index (χ2n) is 5.71. The zero-order chi connectivity index (χ0) is 15.4. The monoisotopic (exact) mass is 294 g/mol. The van der Waals surface area contributed by atoms with Crippen LogP contribution in [-0.2, 0) is 13.0 Å². The first kappa shape index (κ1) is 14.7. The van der Waals surface area contributed by atoms with Gasteiger partial charge in [-0.25, -0.2) is 0 Å². The molecule has 0 bridgehead atoms. The van der Waals surface area contributed by atoms with Gasteiger partial charge in [-0.3, -0.25) is 0 Å². The van der Waals surface area contributed by atoms with Gasteiger partial charge in [-0.15, -0.1) is 0 Å². The maximum atomic E-state index is 5.89. The van der Waals surface area contributed by atoms with E-state index in [1.807, 2.05) is 31.3 Å². The number of H-pyrrole nitrogens is 1. The van der Waals surface area contributed by atoms with Crippen LogP contribution in [0.15, 0.2) is 54.6 Å². The number of hydrogen-bond donors (Lipinski definition) is 2. The Bertz CT molecular complexity index is 734. The van der Waals surface area contributed by atoms with E-state index < -0.39 is 0 Å². The molecule has 0 fully saturated rings. The summed E-state index contributed by atoms with van der Waals surface area (Å²) in [4.78, 5) is 3.47. The molecular formula is C19H22N2O. The van der Waals surface area contributed by atoms with Crippen molar-refractivity contribution >= 4 is 10.9 Å². The molecule has 0 aliphatic carbocycles. The average molecular weight is 294 g/mol. The van der Waals surface area contributed by atoms with Gasteiger partial charge in [-0.05, 0) is 43.8 Å². The van der Waals surface area contributed by atoms with E-state index in [0.29, 0.717) is 12.6 Å². The Morgan fingerprint density at radius 1 is 1.09 bits per heavy atom. The van der Waals surface area contributed by atoms with Crippen molar-refractivity contribution in [3.05, 3.63) is 65.9 Å². The standard InChI is InChI=1S/C19H22N2O/c1-14(20-2)10-17-11-16-12-18(8-9-19(16)21-17)22-13-15-6-4-3-5-7-15/h3-9,11-12,14,20-21H,10,13H2,1-2H3. The van der Waals surface area contributed by atoms with Crippen molar-refractivity contribution in [3.8, 4) is 5.75 Å². The van der Waals surface area contributed by atoms with Crippen LogP contribution < -0.4 is 10.1 Å². The summed E-state index contributed by atoms with van der Waals surface area (Å²) in [6, 6.07) is 19.1. The summed E-state index contributed by atoms with van der Waals surface area (Å²) in [6.07, 6.45) is 0.991. The normalized spacial score (nSPS) is 12.5. The van der Waals surface area contributed by atoms with Crippen LogP contribution in [0.2, 0.25) is 0 Å². The minimum Gasteiger partial charge on any atom is -0.489 e. The Kier molecular flexibility index (Phi) is 4.45. The van der Waals surface area contributed by atoms with Crippen molar-refractivity contribution < 1.29 is 4.74 Å². The van der Waals surface area contributed by atoms with Gasteiger partial charge >= 0.3 is 0 Å². The van der Waals surface area contributed by atoms with Crippen LogP contribution in [0, 0.1) is 0 Å². The van der Waals surface area contributed by atoms with Gasteiger partial charge in [-0.2, -0.15) is 0 Å². The minimum absolute atomic E-state index is 0.460. The fraction of sp³-hybridized carbons (Fsp3) is 0.263. The number of aromatic nitrogens is 1. The molecule has 0 radical (unpaired) electrons. The number of hydrogen-bond acceptors (Lipinski definition) is 2. The Morgan fingerprint density at radius 3 is 2.68 bits per heavy atom. The zero-order valence-electron chi connectivity index (χ0n) is 13.1.